The first kappa shape index (κ1) is 21.7. The van der Waals surface area contributed by atoms with Gasteiger partial charge in [0.25, 0.3) is 0 Å². The Morgan fingerprint density at radius 1 is 1.06 bits per heavy atom. The van der Waals surface area contributed by atoms with Gasteiger partial charge in [-0.25, -0.2) is 4.79 Å². The van der Waals surface area contributed by atoms with Crippen molar-refractivity contribution < 1.29 is 9.53 Å². The van der Waals surface area contributed by atoms with Gasteiger partial charge in [0, 0.05) is 29.4 Å². The molecule has 2 aromatic heterocycles. The number of benzene rings is 2. The molecule has 0 radical (unpaired) electrons. The van der Waals surface area contributed by atoms with Crippen LogP contribution in [0.4, 0.5) is 10.7 Å². The van der Waals surface area contributed by atoms with E-state index in [2.05, 4.69) is 27.9 Å². The van der Waals surface area contributed by atoms with Gasteiger partial charge in [0.05, 0.1) is 19.2 Å². The maximum atomic E-state index is 12.3. The van der Waals surface area contributed by atoms with E-state index in [9.17, 15) is 4.79 Å². The number of rotatable bonds is 7. The number of anilines is 2. The Balaban J connectivity index is 1.43. The quantitative estimate of drug-likeness (QED) is 0.291. The fourth-order valence-corrected chi connectivity index (χ4v) is 4.59. The van der Waals surface area contributed by atoms with E-state index in [4.69, 9.17) is 17.0 Å². The van der Waals surface area contributed by atoms with E-state index in [0.29, 0.717) is 22.2 Å². The van der Waals surface area contributed by atoms with Crippen molar-refractivity contribution in [2.75, 3.05) is 17.7 Å². The number of thiocarbonyl (C=S) groups is 1. The molecule has 0 saturated carbocycles. The van der Waals surface area contributed by atoms with Crippen molar-refractivity contribution in [1.29, 1.82) is 0 Å². The van der Waals surface area contributed by atoms with Crippen molar-refractivity contribution in [3.8, 4) is 0 Å². The number of carbonyl (C=O) groups excluding carboxylic acids is 1. The molecule has 0 aliphatic rings. The summed E-state index contributed by atoms with van der Waals surface area (Å²) in [6, 6.07) is 21.8. The van der Waals surface area contributed by atoms with Crippen LogP contribution >= 0.6 is 23.6 Å². The molecule has 32 heavy (non-hydrogen) atoms. The summed E-state index contributed by atoms with van der Waals surface area (Å²) < 4.78 is 6.82. The molecule has 162 valence electrons. The number of carbonyl (C=O) groups is 1. The molecule has 0 unspecified atom stereocenters. The third-order valence-electron chi connectivity index (χ3n) is 4.75. The van der Waals surface area contributed by atoms with E-state index < -0.39 is 5.97 Å². The second-order valence-electron chi connectivity index (χ2n) is 7.09. The summed E-state index contributed by atoms with van der Waals surface area (Å²) in [6.07, 6.45) is 4.42. The summed E-state index contributed by atoms with van der Waals surface area (Å²) in [5.74, 6) is -0.395. The van der Waals surface area contributed by atoms with Crippen LogP contribution in [0.15, 0.2) is 79.1 Å². The van der Waals surface area contributed by atoms with Gasteiger partial charge < -0.3 is 15.4 Å². The van der Waals surface area contributed by atoms with Gasteiger partial charge in [0.2, 0.25) is 0 Å². The van der Waals surface area contributed by atoms with Crippen LogP contribution in [0.2, 0.25) is 0 Å². The van der Waals surface area contributed by atoms with Crippen LogP contribution in [0.25, 0.3) is 0 Å². The van der Waals surface area contributed by atoms with Gasteiger partial charge in [0.1, 0.15) is 5.00 Å². The minimum absolute atomic E-state index is 0.395. The number of methoxy groups -OCH3 is 1. The highest BCUT2D eigenvalue weighted by Crippen LogP contribution is 2.30. The molecule has 4 aromatic rings. The molecule has 2 heterocycles. The summed E-state index contributed by atoms with van der Waals surface area (Å²) in [5.41, 5.74) is 3.64. The van der Waals surface area contributed by atoms with Crippen molar-refractivity contribution >= 4 is 45.3 Å². The van der Waals surface area contributed by atoms with Crippen LogP contribution in [-0.4, -0.2) is 28.0 Å². The van der Waals surface area contributed by atoms with Crippen LogP contribution in [-0.2, 0) is 17.7 Å². The third kappa shape index (κ3) is 5.60. The fraction of sp³-hybridized carbons (Fsp3) is 0.125. The summed E-state index contributed by atoms with van der Waals surface area (Å²) >= 11 is 6.98. The Morgan fingerprint density at radius 3 is 2.53 bits per heavy atom. The number of nitrogens with zero attached hydrogens (tertiary/aromatic N) is 2. The molecular formula is C24H22N4O2S2. The van der Waals surface area contributed by atoms with Crippen molar-refractivity contribution in [3.05, 3.63) is 101 Å². The molecule has 0 amide bonds. The number of hydrogen-bond donors (Lipinski definition) is 2. The molecule has 0 aliphatic heterocycles. The van der Waals surface area contributed by atoms with Crippen LogP contribution in [0, 0.1) is 0 Å². The topological polar surface area (TPSA) is 68.2 Å². The lowest BCUT2D eigenvalue weighted by atomic mass is 10.1. The Morgan fingerprint density at radius 2 is 1.84 bits per heavy atom. The minimum Gasteiger partial charge on any atom is -0.465 e. The molecule has 2 aromatic carbocycles. The monoisotopic (exact) mass is 462 g/mol. The van der Waals surface area contributed by atoms with Crippen LogP contribution in [0.1, 0.15) is 26.4 Å². The first-order valence-electron chi connectivity index (χ1n) is 10.00. The SMILES string of the molecule is COC(=O)c1cc(Cc2ccccc2)sc1NC(=S)Nc1ccc(Cn2cccn2)cc1. The molecule has 8 heteroatoms. The van der Waals surface area contributed by atoms with Gasteiger partial charge in [-0.1, -0.05) is 42.5 Å². The zero-order chi connectivity index (χ0) is 22.3. The van der Waals surface area contributed by atoms with Gasteiger partial charge in [0.15, 0.2) is 5.11 Å². The second kappa shape index (κ2) is 10.2. The van der Waals surface area contributed by atoms with Crippen LogP contribution in [0.5, 0.6) is 0 Å². The minimum atomic E-state index is -0.395. The van der Waals surface area contributed by atoms with Gasteiger partial charge in [-0.05, 0) is 47.6 Å². The highest BCUT2D eigenvalue weighted by molar-refractivity contribution is 7.80. The van der Waals surface area contributed by atoms with Crippen LogP contribution < -0.4 is 10.6 Å². The number of ether oxygens (including phenoxy) is 1. The normalized spacial score (nSPS) is 10.5. The average Bonchev–Trinajstić information content (AvgIpc) is 3.45. The standard InChI is InChI=1S/C24H22N4O2S2/c1-30-23(29)21-15-20(14-17-6-3-2-4-7-17)32-22(21)27-24(31)26-19-10-8-18(9-11-19)16-28-13-5-12-25-28/h2-13,15H,14,16H2,1H3,(H2,26,27,31). The number of nitrogens with one attached hydrogen (secondary N) is 2. The number of aromatic nitrogens is 2. The van der Waals surface area contributed by atoms with Crippen molar-refractivity contribution in [2.45, 2.75) is 13.0 Å². The summed E-state index contributed by atoms with van der Waals surface area (Å²) in [5, 5.41) is 11.6. The number of thiophene rings is 1. The smallest absolute Gasteiger partial charge is 0.340 e. The summed E-state index contributed by atoms with van der Waals surface area (Å²) in [4.78, 5) is 13.3. The Kier molecular flexibility index (Phi) is 6.94. The molecule has 2 N–H and O–H groups in total. The lowest BCUT2D eigenvalue weighted by Gasteiger charge is -2.11. The number of hydrogen-bond acceptors (Lipinski definition) is 5. The number of esters is 1. The Labute approximate surface area is 195 Å². The second-order valence-corrected chi connectivity index (χ2v) is 8.63. The summed E-state index contributed by atoms with van der Waals surface area (Å²) in [7, 11) is 1.38. The molecule has 0 aliphatic carbocycles. The molecule has 4 rings (SSSR count). The Bertz CT molecular complexity index is 1190. The lowest BCUT2D eigenvalue weighted by Crippen LogP contribution is -2.19. The zero-order valence-electron chi connectivity index (χ0n) is 17.4. The van der Waals surface area contributed by atoms with E-state index in [1.54, 1.807) is 6.20 Å². The molecule has 0 fully saturated rings. The van der Waals surface area contributed by atoms with E-state index in [1.165, 1.54) is 24.0 Å². The van der Waals surface area contributed by atoms with Gasteiger partial charge in [-0.2, -0.15) is 5.10 Å². The summed E-state index contributed by atoms with van der Waals surface area (Å²) in [6.45, 7) is 0.706. The van der Waals surface area contributed by atoms with E-state index in [0.717, 1.165) is 22.5 Å². The van der Waals surface area contributed by atoms with Crippen molar-refractivity contribution in [1.82, 2.24) is 9.78 Å². The Hall–Kier alpha value is -3.49. The third-order valence-corrected chi connectivity index (χ3v) is 6.01. The van der Waals surface area contributed by atoms with Gasteiger partial charge >= 0.3 is 5.97 Å². The maximum Gasteiger partial charge on any atom is 0.340 e. The predicted octanol–water partition coefficient (Wildman–Crippen LogP) is 5.18. The van der Waals surface area contributed by atoms with Crippen LogP contribution in [0.3, 0.4) is 0 Å². The van der Waals surface area contributed by atoms with E-state index in [-0.39, 0.29) is 0 Å². The average molecular weight is 463 g/mol. The lowest BCUT2D eigenvalue weighted by molar-refractivity contribution is 0.0602. The van der Waals surface area contributed by atoms with Crippen molar-refractivity contribution in [2.24, 2.45) is 0 Å². The fourth-order valence-electron chi connectivity index (χ4n) is 3.22. The zero-order valence-corrected chi connectivity index (χ0v) is 19.1. The molecule has 0 bridgehead atoms. The molecular weight excluding hydrogens is 440 g/mol. The van der Waals surface area contributed by atoms with Crippen molar-refractivity contribution in [3.63, 3.8) is 0 Å². The van der Waals surface area contributed by atoms with E-state index >= 15 is 0 Å². The maximum absolute atomic E-state index is 12.3. The van der Waals surface area contributed by atoms with E-state index in [1.807, 2.05) is 65.5 Å². The first-order chi connectivity index (χ1) is 15.6. The molecule has 0 saturated heterocycles. The molecule has 0 atom stereocenters. The van der Waals surface area contributed by atoms with Gasteiger partial charge in [-0.15, -0.1) is 11.3 Å². The largest absolute Gasteiger partial charge is 0.465 e. The highest BCUT2D eigenvalue weighted by Gasteiger charge is 2.18. The molecule has 0 spiro atoms. The first-order valence-corrected chi connectivity index (χ1v) is 11.2. The molecule has 6 nitrogen and oxygen atoms in total. The van der Waals surface area contributed by atoms with Gasteiger partial charge in [-0.3, -0.25) is 4.68 Å². The predicted molar refractivity (Wildman–Crippen MR) is 133 cm³/mol. The highest BCUT2D eigenvalue weighted by atomic mass is 32.1.